The predicted molar refractivity (Wildman–Crippen MR) is 76.9 cm³/mol. The lowest BCUT2D eigenvalue weighted by molar-refractivity contribution is 0.199. The summed E-state index contributed by atoms with van der Waals surface area (Å²) in [6, 6.07) is 7.84. The number of benzene rings is 1. The van der Waals surface area contributed by atoms with Gasteiger partial charge in [-0.2, -0.15) is 0 Å². The maximum absolute atomic E-state index is 11.1. The average molecular weight is 266 g/mol. The summed E-state index contributed by atoms with van der Waals surface area (Å²) in [5, 5.41) is 5.38. The van der Waals surface area contributed by atoms with E-state index < -0.39 is 6.09 Å². The van der Waals surface area contributed by atoms with Crippen LogP contribution in [0.5, 0.6) is 0 Å². The molecule has 0 fully saturated rings. The van der Waals surface area contributed by atoms with Gasteiger partial charge in [-0.1, -0.05) is 26.0 Å². The van der Waals surface area contributed by atoms with Gasteiger partial charge in [-0.3, -0.25) is 0 Å². The topological polar surface area (TPSA) is 50.4 Å². The Bertz CT molecular complexity index is 416. The summed E-state index contributed by atoms with van der Waals surface area (Å²) in [5.74, 6) is 0.484. The molecule has 0 aromatic heterocycles. The number of carbonyl (C=O) groups is 1. The maximum atomic E-state index is 11.1. The molecule has 98 valence electrons. The molecule has 0 aliphatic carbocycles. The van der Waals surface area contributed by atoms with E-state index in [1.165, 1.54) is 5.56 Å². The zero-order valence-electron chi connectivity index (χ0n) is 10.8. The van der Waals surface area contributed by atoms with Gasteiger partial charge < -0.3 is 15.4 Å². The van der Waals surface area contributed by atoms with Crippen LogP contribution in [-0.2, 0) is 4.74 Å². The fourth-order valence-corrected chi connectivity index (χ4v) is 1.55. The molecule has 1 amide bonds. The number of alkyl carbamates (subject to hydrolysis) is 1. The smallest absolute Gasteiger partial charge is 0.382 e. The highest BCUT2D eigenvalue weighted by Gasteiger charge is 2.05. The molecular formula is C13H18N2O2S. The van der Waals surface area contributed by atoms with Crippen LogP contribution in [0.4, 0.5) is 10.5 Å². The Labute approximate surface area is 113 Å². The third kappa shape index (κ3) is 4.71. The van der Waals surface area contributed by atoms with Crippen molar-refractivity contribution in [3.63, 3.8) is 0 Å². The summed E-state index contributed by atoms with van der Waals surface area (Å²) in [4.78, 5) is 11.1. The number of hydrogen-bond donors (Lipinski definition) is 2. The first kappa shape index (κ1) is 14.4. The number of hydrogen-bond acceptors (Lipinski definition) is 3. The second-order valence-corrected chi connectivity index (χ2v) is 4.48. The summed E-state index contributed by atoms with van der Waals surface area (Å²) < 4.78 is 4.84. The number of nitrogens with one attached hydrogen (secondary N) is 2. The Balaban J connectivity index is 2.52. The first-order valence-corrected chi connectivity index (χ1v) is 6.30. The number of rotatable bonds is 3. The van der Waals surface area contributed by atoms with Crippen LogP contribution in [0.15, 0.2) is 24.3 Å². The fraction of sp³-hybridized carbons (Fsp3) is 0.385. The van der Waals surface area contributed by atoms with Crippen molar-refractivity contribution in [2.45, 2.75) is 26.7 Å². The molecule has 1 aromatic carbocycles. The molecular weight excluding hydrogens is 248 g/mol. The van der Waals surface area contributed by atoms with Crippen LogP contribution in [-0.4, -0.2) is 17.8 Å². The van der Waals surface area contributed by atoms with Crippen molar-refractivity contribution in [2.75, 3.05) is 11.9 Å². The fourth-order valence-electron chi connectivity index (χ4n) is 1.36. The first-order valence-electron chi connectivity index (χ1n) is 5.89. The standard InChI is InChI=1S/C13H18N2O2S/c1-4-14-12(16)17-13(18)15-11-7-5-10(6-8-11)9(2)3/h5-9H,4H2,1-3H3,(H,14,16)(H,15,18). The van der Waals surface area contributed by atoms with Crippen LogP contribution >= 0.6 is 12.2 Å². The number of anilines is 1. The third-order valence-electron chi connectivity index (χ3n) is 2.33. The van der Waals surface area contributed by atoms with Crippen molar-refractivity contribution >= 4 is 29.2 Å². The van der Waals surface area contributed by atoms with Gasteiger partial charge in [-0.15, -0.1) is 0 Å². The monoisotopic (exact) mass is 266 g/mol. The zero-order chi connectivity index (χ0) is 13.5. The van der Waals surface area contributed by atoms with Gasteiger partial charge in [0.2, 0.25) is 0 Å². The lowest BCUT2D eigenvalue weighted by atomic mass is 10.0. The summed E-state index contributed by atoms with van der Waals surface area (Å²) in [6.45, 7) is 6.57. The van der Waals surface area contributed by atoms with Gasteiger partial charge in [0.05, 0.1) is 0 Å². The molecule has 0 atom stereocenters. The molecule has 0 spiro atoms. The lowest BCUT2D eigenvalue weighted by Crippen LogP contribution is -2.28. The van der Waals surface area contributed by atoms with Gasteiger partial charge >= 0.3 is 6.09 Å². The van der Waals surface area contributed by atoms with Crippen LogP contribution in [0.1, 0.15) is 32.3 Å². The Morgan fingerprint density at radius 3 is 2.44 bits per heavy atom. The molecule has 0 heterocycles. The molecule has 18 heavy (non-hydrogen) atoms. The van der Waals surface area contributed by atoms with Crippen molar-refractivity contribution in [3.05, 3.63) is 29.8 Å². The number of ether oxygens (including phenoxy) is 1. The van der Waals surface area contributed by atoms with Crippen LogP contribution in [0.3, 0.4) is 0 Å². The van der Waals surface area contributed by atoms with E-state index in [1.807, 2.05) is 31.2 Å². The zero-order valence-corrected chi connectivity index (χ0v) is 11.6. The highest BCUT2D eigenvalue weighted by Crippen LogP contribution is 2.17. The first-order chi connectivity index (χ1) is 8.52. The quantitative estimate of drug-likeness (QED) is 0.825. The summed E-state index contributed by atoms with van der Waals surface area (Å²) in [6.07, 6.45) is -0.547. The highest BCUT2D eigenvalue weighted by molar-refractivity contribution is 7.80. The van der Waals surface area contributed by atoms with E-state index in [4.69, 9.17) is 17.0 Å². The molecule has 0 saturated carbocycles. The molecule has 0 aliphatic rings. The van der Waals surface area contributed by atoms with Crippen molar-refractivity contribution < 1.29 is 9.53 Å². The second kappa shape index (κ2) is 6.96. The predicted octanol–water partition coefficient (Wildman–Crippen LogP) is 3.25. The average Bonchev–Trinajstić information content (AvgIpc) is 2.29. The van der Waals surface area contributed by atoms with E-state index >= 15 is 0 Å². The molecule has 0 unspecified atom stereocenters. The van der Waals surface area contributed by atoms with E-state index in [1.54, 1.807) is 0 Å². The normalized spacial score (nSPS) is 10.0. The van der Waals surface area contributed by atoms with Crippen LogP contribution in [0, 0.1) is 0 Å². The molecule has 0 saturated heterocycles. The Kier molecular flexibility index (Phi) is 5.58. The molecule has 0 aliphatic heterocycles. The van der Waals surface area contributed by atoms with Gasteiger partial charge in [0.25, 0.3) is 5.17 Å². The van der Waals surface area contributed by atoms with Gasteiger partial charge in [0.15, 0.2) is 0 Å². The molecule has 2 N–H and O–H groups in total. The number of thiocarbonyl (C=S) groups is 1. The molecule has 1 aromatic rings. The molecule has 0 radical (unpaired) electrons. The molecule has 5 heteroatoms. The van der Waals surface area contributed by atoms with E-state index in [-0.39, 0.29) is 5.17 Å². The van der Waals surface area contributed by atoms with Crippen molar-refractivity contribution in [1.29, 1.82) is 0 Å². The number of amides is 1. The summed E-state index contributed by atoms with van der Waals surface area (Å²) in [7, 11) is 0. The Hall–Kier alpha value is -1.62. The van der Waals surface area contributed by atoms with E-state index in [2.05, 4.69) is 24.5 Å². The van der Waals surface area contributed by atoms with E-state index in [0.29, 0.717) is 12.5 Å². The van der Waals surface area contributed by atoms with Gasteiger partial charge in [0, 0.05) is 12.2 Å². The van der Waals surface area contributed by atoms with Crippen molar-refractivity contribution in [1.82, 2.24) is 5.32 Å². The minimum absolute atomic E-state index is 0.0400. The largest absolute Gasteiger partial charge is 0.414 e. The van der Waals surface area contributed by atoms with Crippen LogP contribution in [0.2, 0.25) is 0 Å². The Morgan fingerprint density at radius 1 is 1.33 bits per heavy atom. The molecule has 0 bridgehead atoms. The maximum Gasteiger partial charge on any atom is 0.414 e. The number of carbonyl (C=O) groups excluding carboxylic acids is 1. The van der Waals surface area contributed by atoms with Gasteiger partial charge in [0.1, 0.15) is 0 Å². The molecule has 4 nitrogen and oxygen atoms in total. The van der Waals surface area contributed by atoms with E-state index in [9.17, 15) is 4.79 Å². The molecule has 1 rings (SSSR count). The van der Waals surface area contributed by atoms with Crippen LogP contribution < -0.4 is 10.6 Å². The van der Waals surface area contributed by atoms with E-state index in [0.717, 1.165) is 5.69 Å². The SMILES string of the molecule is CCNC(=O)OC(=S)Nc1ccc(C(C)C)cc1. The highest BCUT2D eigenvalue weighted by atomic mass is 32.1. The Morgan fingerprint density at radius 2 is 1.94 bits per heavy atom. The lowest BCUT2D eigenvalue weighted by Gasteiger charge is -2.10. The summed E-state index contributed by atoms with van der Waals surface area (Å²) >= 11 is 4.92. The van der Waals surface area contributed by atoms with Crippen molar-refractivity contribution in [3.8, 4) is 0 Å². The third-order valence-corrected chi connectivity index (χ3v) is 2.52. The minimum atomic E-state index is -0.547. The summed E-state index contributed by atoms with van der Waals surface area (Å²) in [5.41, 5.74) is 2.05. The van der Waals surface area contributed by atoms with Gasteiger partial charge in [-0.25, -0.2) is 4.79 Å². The van der Waals surface area contributed by atoms with Crippen LogP contribution in [0.25, 0.3) is 0 Å². The second-order valence-electron chi connectivity index (χ2n) is 4.11. The van der Waals surface area contributed by atoms with Gasteiger partial charge in [-0.05, 0) is 42.8 Å². The minimum Gasteiger partial charge on any atom is -0.382 e. The van der Waals surface area contributed by atoms with Crippen molar-refractivity contribution in [2.24, 2.45) is 0 Å².